The summed E-state index contributed by atoms with van der Waals surface area (Å²) >= 11 is 1.60. The largest absolute Gasteiger partial charge is 0.373 e. The molecule has 422 valence electrons. The van der Waals surface area contributed by atoms with E-state index in [-0.39, 0.29) is 66.3 Å². The molecule has 8 rings (SSSR count). The van der Waals surface area contributed by atoms with E-state index in [9.17, 15) is 24.0 Å². The van der Waals surface area contributed by atoms with Crippen molar-refractivity contribution in [2.24, 2.45) is 10.8 Å². The van der Waals surface area contributed by atoms with Gasteiger partial charge in [0.05, 0.1) is 39.9 Å². The number of carbonyl (C=O) groups is 5. The highest BCUT2D eigenvalue weighted by Gasteiger charge is 2.44. The molecule has 0 unspecified atom stereocenters. The predicted octanol–water partition coefficient (Wildman–Crippen LogP) is 7.66. The summed E-state index contributed by atoms with van der Waals surface area (Å²) in [6.07, 6.45) is 9.55. The monoisotopic (exact) mass is 1090 g/mol. The van der Waals surface area contributed by atoms with Crippen molar-refractivity contribution in [1.29, 1.82) is 0 Å². The molecule has 78 heavy (non-hydrogen) atoms. The minimum atomic E-state index is -0.784. The van der Waals surface area contributed by atoms with Crippen molar-refractivity contribution in [1.82, 2.24) is 46.0 Å². The van der Waals surface area contributed by atoms with Crippen molar-refractivity contribution in [3.8, 4) is 10.4 Å². The molecule has 5 N–H and O–H groups in total. The average molecular weight is 1100 g/mol. The molecule has 17 nitrogen and oxygen atoms in total. The van der Waals surface area contributed by atoms with Crippen LogP contribution in [0, 0.1) is 29.4 Å². The molecule has 0 bridgehead atoms. The number of benzene rings is 2. The second kappa shape index (κ2) is 25.2. The minimum absolute atomic E-state index is 0.00563. The average Bonchev–Trinajstić information content (AvgIpc) is 4.14. The van der Waals surface area contributed by atoms with Crippen LogP contribution in [0.5, 0.6) is 0 Å². The molecule has 20 heteroatoms. The van der Waals surface area contributed by atoms with Crippen LogP contribution >= 0.6 is 11.3 Å². The lowest BCUT2D eigenvalue weighted by Crippen LogP contribution is -2.66. The molecule has 6 heterocycles. The fraction of sp³-hybridized carbons (Fsp3) is 0.586. The number of hydrogen-bond donors (Lipinski definition) is 5. The smallest absolute Gasteiger partial charge is 0.246 e. The van der Waals surface area contributed by atoms with Gasteiger partial charge in [0.15, 0.2) is 0 Å². The van der Waals surface area contributed by atoms with Gasteiger partial charge in [0.25, 0.3) is 0 Å². The molecule has 0 saturated carbocycles. The highest BCUT2D eigenvalue weighted by atomic mass is 32.1. The number of hydrogen-bond acceptors (Lipinski definition) is 13. The number of thiazole rings is 1. The maximum atomic E-state index is 15.9. The molecule has 4 aliphatic heterocycles. The number of piperazine rings is 1. The Labute approximate surface area is 462 Å². The molecule has 4 saturated heterocycles. The number of piperidine rings is 2. The lowest BCUT2D eigenvalue weighted by molar-refractivity contribution is -0.144. The van der Waals surface area contributed by atoms with E-state index in [1.807, 2.05) is 77.4 Å². The quantitative estimate of drug-likeness (QED) is 0.0543. The van der Waals surface area contributed by atoms with E-state index in [1.165, 1.54) is 18.5 Å². The topological polar surface area (TPSA) is 197 Å². The van der Waals surface area contributed by atoms with Gasteiger partial charge in [0.1, 0.15) is 41.7 Å². The predicted molar refractivity (Wildman–Crippen MR) is 301 cm³/mol. The fourth-order valence-electron chi connectivity index (χ4n) is 11.5. The summed E-state index contributed by atoms with van der Waals surface area (Å²) in [5.74, 6) is -0.444. The first-order valence-corrected chi connectivity index (χ1v) is 28.8. The number of amides is 5. The number of likely N-dealkylation sites (tertiary alicyclic amines) is 2. The van der Waals surface area contributed by atoms with Crippen LogP contribution in [0.25, 0.3) is 10.4 Å². The maximum Gasteiger partial charge on any atom is 0.246 e. The van der Waals surface area contributed by atoms with Gasteiger partial charge in [-0.2, -0.15) is 0 Å². The molecule has 2 aromatic heterocycles. The number of nitrogens with zero attached hydrogens (tertiary/aromatic N) is 7. The first-order chi connectivity index (χ1) is 37.2. The second-order valence-electron chi connectivity index (χ2n) is 23.4. The van der Waals surface area contributed by atoms with Crippen LogP contribution in [-0.2, 0) is 30.5 Å². The number of halogens is 2. The first kappa shape index (κ1) is 57.9. The van der Waals surface area contributed by atoms with Crippen molar-refractivity contribution < 1.29 is 32.8 Å². The summed E-state index contributed by atoms with van der Waals surface area (Å²) in [5.41, 5.74) is 3.45. The van der Waals surface area contributed by atoms with E-state index in [0.29, 0.717) is 96.6 Å². The van der Waals surface area contributed by atoms with Crippen molar-refractivity contribution in [2.75, 3.05) is 74.5 Å². The molecule has 0 radical (unpaired) electrons. The van der Waals surface area contributed by atoms with Crippen LogP contribution in [0.4, 0.5) is 26.1 Å². The van der Waals surface area contributed by atoms with E-state index in [1.54, 1.807) is 28.2 Å². The summed E-state index contributed by atoms with van der Waals surface area (Å²) in [6.45, 7) is 15.6. The third-order valence-electron chi connectivity index (χ3n) is 16.4. The van der Waals surface area contributed by atoms with Gasteiger partial charge in [0, 0.05) is 75.8 Å². The highest BCUT2D eigenvalue weighted by Crippen LogP contribution is 2.36. The van der Waals surface area contributed by atoms with Crippen LogP contribution in [0.15, 0.2) is 54.3 Å². The molecule has 0 aliphatic carbocycles. The Kier molecular flexibility index (Phi) is 18.7. The van der Waals surface area contributed by atoms with Crippen molar-refractivity contribution in [3.05, 3.63) is 82.8 Å². The lowest BCUT2D eigenvalue weighted by Gasteiger charge is -2.48. The number of aromatic nitrogens is 3. The Morgan fingerprint density at radius 3 is 2.28 bits per heavy atom. The number of anilines is 3. The van der Waals surface area contributed by atoms with Gasteiger partial charge in [0.2, 0.25) is 29.5 Å². The molecule has 1 spiro atoms. The number of carbonyl (C=O) groups excluding carboxylic acids is 5. The second-order valence-corrected chi connectivity index (χ2v) is 24.2. The van der Waals surface area contributed by atoms with Gasteiger partial charge in [-0.3, -0.25) is 28.9 Å². The Balaban J connectivity index is 0.712. The van der Waals surface area contributed by atoms with Gasteiger partial charge in [-0.05, 0) is 101 Å². The molecular weight excluding hydrogens is 1010 g/mol. The molecule has 4 fully saturated rings. The molecular formula is C58H80F2N12O5S. The SMILES string of the molecule is CNc1cc(N2CCC3(CC2)CN(c2cc(F)c(CN4CCC(C)(C(=O)NCCCCCCCC(=O)N[C@H](C(=O)N5CCC[C@H]5C(=O)N[C@@H](C)c5ccc(-c6scnc6C)cc5)C(C)(C)C)CC4)cc2F)CC(=O)N3)ncn1. The van der Waals surface area contributed by atoms with E-state index >= 15 is 8.78 Å². The lowest BCUT2D eigenvalue weighted by atomic mass is 9.79. The van der Waals surface area contributed by atoms with E-state index < -0.39 is 40.1 Å². The third-order valence-corrected chi connectivity index (χ3v) is 17.4. The summed E-state index contributed by atoms with van der Waals surface area (Å²) in [7, 11) is 1.80. The minimum Gasteiger partial charge on any atom is -0.373 e. The zero-order chi connectivity index (χ0) is 55.8. The maximum absolute atomic E-state index is 15.9. The van der Waals surface area contributed by atoms with Crippen LogP contribution in [0.2, 0.25) is 0 Å². The Morgan fingerprint density at radius 2 is 1.59 bits per heavy atom. The normalized spacial score (nSPS) is 19.3. The van der Waals surface area contributed by atoms with E-state index in [0.717, 1.165) is 53.2 Å². The first-order valence-electron chi connectivity index (χ1n) is 27.9. The summed E-state index contributed by atoms with van der Waals surface area (Å²) < 4.78 is 31.7. The Hall–Kier alpha value is -6.28. The van der Waals surface area contributed by atoms with Crippen LogP contribution in [-0.4, -0.2) is 131 Å². The number of unbranched alkanes of at least 4 members (excludes halogenated alkanes) is 4. The number of aryl methyl sites for hydroxylation is 1. The van der Waals surface area contributed by atoms with Crippen LogP contribution < -0.4 is 36.4 Å². The molecule has 3 atom stereocenters. The van der Waals surface area contributed by atoms with E-state index in [2.05, 4.69) is 51.3 Å². The highest BCUT2D eigenvalue weighted by molar-refractivity contribution is 7.13. The van der Waals surface area contributed by atoms with Gasteiger partial charge in [-0.25, -0.2) is 23.7 Å². The molecule has 2 aromatic carbocycles. The molecule has 4 aliphatic rings. The fourth-order valence-corrected chi connectivity index (χ4v) is 12.3. The van der Waals surface area contributed by atoms with Crippen LogP contribution in [0.1, 0.15) is 135 Å². The number of nitrogens with one attached hydrogen (secondary N) is 5. The molecule has 5 amide bonds. The van der Waals surface area contributed by atoms with Gasteiger partial charge in [-0.15, -0.1) is 11.3 Å². The summed E-state index contributed by atoms with van der Waals surface area (Å²) in [5, 5.41) is 15.5. The number of rotatable bonds is 20. The third kappa shape index (κ3) is 14.1. The Morgan fingerprint density at radius 1 is 0.872 bits per heavy atom. The van der Waals surface area contributed by atoms with Gasteiger partial charge >= 0.3 is 0 Å². The van der Waals surface area contributed by atoms with E-state index in [4.69, 9.17) is 0 Å². The standard InChI is InChI=1S/C58H80F2N12O5S/c1-38(40-16-18-41(19-17-40)51-39(2)65-37-78-51)66-53(75)45-14-13-25-72(45)54(76)52(56(3,4)5)67-49(73)15-11-9-8-10-12-24-62-55(77)57(6)20-26-69(27-21-57)33-42-30-44(60)46(31-43(42)59)71-34-50(74)68-58(35-71)22-28-70(29-23-58)48-32-47(61-7)63-36-64-48/h16-19,30-32,36-38,45,52H,8-15,20-29,33-35H2,1-7H3,(H,62,77)(H,66,75)(H,67,73)(H,68,74)(H,61,63,64)/t38-,45-,52+/m0/s1. The summed E-state index contributed by atoms with van der Waals surface area (Å²) in [4.78, 5) is 89.1. The van der Waals surface area contributed by atoms with Gasteiger partial charge in [-0.1, -0.05) is 71.2 Å². The zero-order valence-electron chi connectivity index (χ0n) is 46.6. The van der Waals surface area contributed by atoms with Crippen molar-refractivity contribution >= 4 is 58.2 Å². The Bertz CT molecular complexity index is 2750. The zero-order valence-corrected chi connectivity index (χ0v) is 47.4. The van der Waals surface area contributed by atoms with Crippen molar-refractivity contribution in [2.45, 2.75) is 149 Å². The molecule has 4 aromatic rings. The van der Waals surface area contributed by atoms with Crippen LogP contribution in [0.3, 0.4) is 0 Å². The van der Waals surface area contributed by atoms with Gasteiger partial charge < -0.3 is 41.3 Å². The van der Waals surface area contributed by atoms with Crippen molar-refractivity contribution in [3.63, 3.8) is 0 Å². The summed E-state index contributed by atoms with van der Waals surface area (Å²) in [6, 6.07) is 10.8.